The van der Waals surface area contributed by atoms with E-state index in [0.29, 0.717) is 36.5 Å². The highest BCUT2D eigenvalue weighted by Crippen LogP contribution is 2.37. The van der Waals surface area contributed by atoms with Gasteiger partial charge in [-0.25, -0.2) is 9.18 Å². The Morgan fingerprint density at radius 1 is 1.00 bits per heavy atom. The Balaban J connectivity index is 1.93. The van der Waals surface area contributed by atoms with Crippen LogP contribution in [0.25, 0.3) is 0 Å². The van der Waals surface area contributed by atoms with Crippen molar-refractivity contribution in [3.05, 3.63) is 65.0 Å². The SMILES string of the molecule is CCCCOC1C(c2ccc(F)c(Cc3ccc(OC)cc3)c2)OC(COC(=O)O)C(O)C1OCCCC. The second-order valence-corrected chi connectivity index (χ2v) is 9.42. The number of aliphatic hydroxyl groups is 1. The number of hydrogen-bond donors (Lipinski definition) is 2. The average Bonchev–Trinajstić information content (AvgIpc) is 2.91. The fourth-order valence-corrected chi connectivity index (χ4v) is 4.46. The average molecular weight is 535 g/mol. The van der Waals surface area contributed by atoms with Crippen LogP contribution in [0.1, 0.15) is 62.3 Å². The van der Waals surface area contributed by atoms with E-state index in [0.717, 1.165) is 31.2 Å². The summed E-state index contributed by atoms with van der Waals surface area (Å²) in [5, 5.41) is 20.1. The van der Waals surface area contributed by atoms with Gasteiger partial charge in [-0.2, -0.15) is 0 Å². The second kappa shape index (κ2) is 15.0. The van der Waals surface area contributed by atoms with Crippen molar-refractivity contribution in [1.29, 1.82) is 0 Å². The van der Waals surface area contributed by atoms with Gasteiger partial charge in [-0.15, -0.1) is 0 Å². The number of methoxy groups -OCH3 is 1. The lowest BCUT2D eigenvalue weighted by molar-refractivity contribution is -0.256. The monoisotopic (exact) mass is 534 g/mol. The molecule has 0 aliphatic carbocycles. The van der Waals surface area contributed by atoms with Crippen LogP contribution in [0.2, 0.25) is 0 Å². The summed E-state index contributed by atoms with van der Waals surface area (Å²) >= 11 is 0. The molecule has 38 heavy (non-hydrogen) atoms. The molecule has 5 atom stereocenters. The highest BCUT2D eigenvalue weighted by atomic mass is 19.1. The van der Waals surface area contributed by atoms with Gasteiger partial charge in [-0.05, 0) is 53.8 Å². The first kappa shape index (κ1) is 29.8. The van der Waals surface area contributed by atoms with Crippen molar-refractivity contribution in [3.63, 3.8) is 0 Å². The van der Waals surface area contributed by atoms with Gasteiger partial charge in [-0.3, -0.25) is 0 Å². The zero-order valence-corrected chi connectivity index (χ0v) is 22.3. The zero-order valence-electron chi connectivity index (χ0n) is 22.3. The minimum absolute atomic E-state index is 0.350. The van der Waals surface area contributed by atoms with E-state index >= 15 is 0 Å². The Hall–Kier alpha value is -2.72. The van der Waals surface area contributed by atoms with Crippen molar-refractivity contribution in [3.8, 4) is 5.75 Å². The van der Waals surface area contributed by atoms with Crippen LogP contribution in [0.3, 0.4) is 0 Å². The second-order valence-electron chi connectivity index (χ2n) is 9.42. The lowest BCUT2D eigenvalue weighted by Gasteiger charge is -2.44. The molecule has 1 saturated heterocycles. The van der Waals surface area contributed by atoms with Crippen molar-refractivity contribution in [2.45, 2.75) is 76.5 Å². The van der Waals surface area contributed by atoms with Gasteiger partial charge in [0.05, 0.1) is 7.11 Å². The minimum atomic E-state index is -1.47. The van der Waals surface area contributed by atoms with E-state index in [-0.39, 0.29) is 12.4 Å². The van der Waals surface area contributed by atoms with E-state index in [4.69, 9.17) is 28.8 Å². The molecule has 2 N–H and O–H groups in total. The van der Waals surface area contributed by atoms with Crippen molar-refractivity contribution < 1.29 is 43.1 Å². The summed E-state index contributed by atoms with van der Waals surface area (Å²) in [6.45, 7) is 4.54. The largest absolute Gasteiger partial charge is 0.505 e. The van der Waals surface area contributed by atoms with E-state index < -0.39 is 36.7 Å². The minimum Gasteiger partial charge on any atom is -0.497 e. The molecule has 1 aliphatic heterocycles. The summed E-state index contributed by atoms with van der Waals surface area (Å²) in [6, 6.07) is 12.2. The predicted octanol–water partition coefficient (Wildman–Crippen LogP) is 5.29. The summed E-state index contributed by atoms with van der Waals surface area (Å²) in [7, 11) is 1.59. The molecule has 0 radical (unpaired) electrons. The molecule has 0 bridgehead atoms. The highest BCUT2D eigenvalue weighted by molar-refractivity contribution is 5.56. The maximum Gasteiger partial charge on any atom is 0.505 e. The molecule has 0 spiro atoms. The van der Waals surface area contributed by atoms with Crippen LogP contribution in [0, 0.1) is 5.82 Å². The first-order valence-corrected chi connectivity index (χ1v) is 13.2. The van der Waals surface area contributed by atoms with E-state index in [2.05, 4.69) is 0 Å². The standard InChI is InChI=1S/C29H39FO8/c1-4-6-14-35-27-25(31)24(18-37-29(32)33)38-26(28(27)36-15-7-5-2)20-10-13-23(30)21(17-20)16-19-8-11-22(34-3)12-9-19/h8-13,17,24-28,31H,4-7,14-16,18H2,1-3H3,(H,32,33). The Bertz CT molecular complexity index is 999. The summed E-state index contributed by atoms with van der Waals surface area (Å²) in [5.74, 6) is 0.360. The van der Waals surface area contributed by atoms with E-state index in [1.54, 1.807) is 19.2 Å². The molecule has 2 aromatic rings. The first-order chi connectivity index (χ1) is 18.4. The third-order valence-corrected chi connectivity index (χ3v) is 6.60. The third kappa shape index (κ3) is 8.14. The van der Waals surface area contributed by atoms with Gasteiger partial charge in [-0.1, -0.05) is 44.9 Å². The molecular weight excluding hydrogens is 495 g/mol. The van der Waals surface area contributed by atoms with Gasteiger partial charge in [0.25, 0.3) is 0 Å². The van der Waals surface area contributed by atoms with E-state index in [1.165, 1.54) is 6.07 Å². The first-order valence-electron chi connectivity index (χ1n) is 13.2. The number of aliphatic hydroxyl groups excluding tert-OH is 1. The van der Waals surface area contributed by atoms with Crippen LogP contribution >= 0.6 is 0 Å². The molecule has 3 rings (SSSR count). The topological polar surface area (TPSA) is 104 Å². The lowest BCUT2D eigenvalue weighted by atomic mass is 9.89. The van der Waals surface area contributed by atoms with Crippen LogP contribution < -0.4 is 4.74 Å². The maximum atomic E-state index is 14.9. The van der Waals surface area contributed by atoms with Crippen LogP contribution in [-0.4, -0.2) is 67.7 Å². The Kier molecular flexibility index (Phi) is 11.8. The highest BCUT2D eigenvalue weighted by Gasteiger charge is 2.47. The van der Waals surface area contributed by atoms with Crippen LogP contribution in [-0.2, 0) is 25.4 Å². The molecule has 2 aromatic carbocycles. The van der Waals surface area contributed by atoms with Crippen LogP contribution in [0.5, 0.6) is 5.75 Å². The molecule has 5 unspecified atom stereocenters. The molecule has 1 aliphatic rings. The van der Waals surface area contributed by atoms with Crippen molar-refractivity contribution in [2.75, 3.05) is 26.9 Å². The molecule has 1 heterocycles. The third-order valence-electron chi connectivity index (χ3n) is 6.60. The Labute approximate surface area is 223 Å². The van der Waals surface area contributed by atoms with Crippen molar-refractivity contribution >= 4 is 6.16 Å². The molecule has 9 heteroatoms. The number of benzene rings is 2. The van der Waals surface area contributed by atoms with Crippen molar-refractivity contribution in [1.82, 2.24) is 0 Å². The Morgan fingerprint density at radius 2 is 1.66 bits per heavy atom. The fourth-order valence-electron chi connectivity index (χ4n) is 4.46. The van der Waals surface area contributed by atoms with Gasteiger partial charge in [0, 0.05) is 19.6 Å². The lowest BCUT2D eigenvalue weighted by Crippen LogP contribution is -2.57. The Morgan fingerprint density at radius 3 is 2.26 bits per heavy atom. The summed E-state index contributed by atoms with van der Waals surface area (Å²) in [5.41, 5.74) is 2.02. The van der Waals surface area contributed by atoms with Gasteiger partial charge >= 0.3 is 6.16 Å². The normalized spacial score (nSPS) is 23.2. The maximum absolute atomic E-state index is 14.9. The quantitative estimate of drug-likeness (QED) is 0.249. The number of carboxylic acid groups (broad SMARTS) is 1. The van der Waals surface area contributed by atoms with E-state index in [1.807, 2.05) is 38.1 Å². The van der Waals surface area contributed by atoms with Gasteiger partial charge in [0.1, 0.15) is 48.7 Å². The molecule has 8 nitrogen and oxygen atoms in total. The summed E-state index contributed by atoms with van der Waals surface area (Å²) in [4.78, 5) is 11.1. The van der Waals surface area contributed by atoms with Gasteiger partial charge in [0.2, 0.25) is 0 Å². The zero-order chi connectivity index (χ0) is 27.5. The molecule has 1 fully saturated rings. The molecule has 0 amide bonds. The number of unbranched alkanes of at least 4 members (excludes halogenated alkanes) is 2. The van der Waals surface area contributed by atoms with Gasteiger partial charge in [0.15, 0.2) is 0 Å². The summed E-state index contributed by atoms with van der Waals surface area (Å²) < 4.78 is 43.4. The van der Waals surface area contributed by atoms with Crippen LogP contribution in [0.15, 0.2) is 42.5 Å². The predicted molar refractivity (Wildman–Crippen MR) is 139 cm³/mol. The molecular formula is C29H39FO8. The molecule has 0 saturated carbocycles. The summed E-state index contributed by atoms with van der Waals surface area (Å²) in [6.07, 6.45) is -2.07. The number of hydrogen-bond acceptors (Lipinski definition) is 7. The smallest absolute Gasteiger partial charge is 0.497 e. The van der Waals surface area contributed by atoms with Crippen molar-refractivity contribution in [2.24, 2.45) is 0 Å². The van der Waals surface area contributed by atoms with Gasteiger partial charge < -0.3 is 33.9 Å². The number of ether oxygens (including phenoxy) is 5. The molecule has 0 aromatic heterocycles. The number of rotatable bonds is 14. The number of halogens is 1. The number of carbonyl (C=O) groups is 1. The van der Waals surface area contributed by atoms with E-state index in [9.17, 15) is 14.3 Å². The van der Waals surface area contributed by atoms with Crippen LogP contribution in [0.4, 0.5) is 9.18 Å². The molecule has 210 valence electrons. The fraction of sp³-hybridized carbons (Fsp3) is 0.552.